The normalized spacial score (nSPS) is 35.6. The molecule has 2 heterocycles. The molecular weight excluding hydrogens is 236 g/mol. The summed E-state index contributed by atoms with van der Waals surface area (Å²) >= 11 is 0. The van der Waals surface area contributed by atoms with E-state index >= 15 is 0 Å². The van der Waals surface area contributed by atoms with Crippen molar-refractivity contribution in [1.82, 2.24) is 4.98 Å². The summed E-state index contributed by atoms with van der Waals surface area (Å²) in [5, 5.41) is 10.4. The molecule has 3 nitrogen and oxygen atoms in total. The monoisotopic (exact) mass is 260 g/mol. The first-order valence-electron chi connectivity index (χ1n) is 7.61. The summed E-state index contributed by atoms with van der Waals surface area (Å²) in [6.45, 7) is 3.40. The summed E-state index contributed by atoms with van der Waals surface area (Å²) in [4.78, 5) is 6.92. The van der Waals surface area contributed by atoms with E-state index in [2.05, 4.69) is 28.9 Å². The third-order valence-corrected chi connectivity index (χ3v) is 4.86. The van der Waals surface area contributed by atoms with E-state index in [0.717, 1.165) is 31.1 Å². The average Bonchev–Trinajstić information content (AvgIpc) is 2.91. The molecule has 3 heteroatoms. The molecule has 1 saturated carbocycles. The molecule has 19 heavy (non-hydrogen) atoms. The van der Waals surface area contributed by atoms with Gasteiger partial charge in [0, 0.05) is 24.7 Å². The SMILES string of the molecule is CC1CCC(O)C(C2CCCN2c2ccccn2)C1. The summed E-state index contributed by atoms with van der Waals surface area (Å²) in [6, 6.07) is 6.59. The Hall–Kier alpha value is -1.09. The number of nitrogens with zero attached hydrogens (tertiary/aromatic N) is 2. The number of aromatic nitrogens is 1. The standard InChI is InChI=1S/C16H24N2O/c1-12-7-8-15(19)13(11-12)14-5-4-10-18(14)16-6-2-3-9-17-16/h2-3,6,9,12-15,19H,4-5,7-8,10-11H2,1H3. The maximum absolute atomic E-state index is 10.4. The van der Waals surface area contributed by atoms with Gasteiger partial charge in [-0.3, -0.25) is 0 Å². The van der Waals surface area contributed by atoms with Gasteiger partial charge in [0.05, 0.1) is 6.10 Å². The molecule has 0 radical (unpaired) electrons. The number of hydrogen-bond donors (Lipinski definition) is 1. The molecule has 1 N–H and O–H groups in total. The molecule has 1 aromatic rings. The van der Waals surface area contributed by atoms with Crippen LogP contribution in [0, 0.1) is 11.8 Å². The summed E-state index contributed by atoms with van der Waals surface area (Å²) < 4.78 is 0. The van der Waals surface area contributed by atoms with Gasteiger partial charge in [-0.25, -0.2) is 4.98 Å². The van der Waals surface area contributed by atoms with Crippen LogP contribution < -0.4 is 4.90 Å². The van der Waals surface area contributed by atoms with E-state index in [-0.39, 0.29) is 6.10 Å². The highest BCUT2D eigenvalue weighted by atomic mass is 16.3. The van der Waals surface area contributed by atoms with Crippen LogP contribution in [0.2, 0.25) is 0 Å². The van der Waals surface area contributed by atoms with Crippen LogP contribution in [0.3, 0.4) is 0 Å². The van der Waals surface area contributed by atoms with Crippen LogP contribution >= 0.6 is 0 Å². The van der Waals surface area contributed by atoms with E-state index < -0.39 is 0 Å². The van der Waals surface area contributed by atoms with Crippen molar-refractivity contribution in [1.29, 1.82) is 0 Å². The van der Waals surface area contributed by atoms with Gasteiger partial charge < -0.3 is 10.0 Å². The van der Waals surface area contributed by atoms with Gasteiger partial charge in [-0.2, -0.15) is 0 Å². The first-order chi connectivity index (χ1) is 9.25. The molecule has 0 bridgehead atoms. The minimum absolute atomic E-state index is 0.120. The van der Waals surface area contributed by atoms with Gasteiger partial charge in [-0.15, -0.1) is 0 Å². The average molecular weight is 260 g/mol. The van der Waals surface area contributed by atoms with Crippen molar-refractivity contribution >= 4 is 5.82 Å². The molecule has 1 aliphatic heterocycles. The molecule has 0 amide bonds. The fraction of sp³-hybridized carbons (Fsp3) is 0.688. The van der Waals surface area contributed by atoms with Crippen molar-refractivity contribution < 1.29 is 5.11 Å². The third kappa shape index (κ3) is 2.62. The molecule has 104 valence electrons. The minimum atomic E-state index is -0.120. The Labute approximate surface area is 115 Å². The van der Waals surface area contributed by atoms with Gasteiger partial charge in [0.1, 0.15) is 5.82 Å². The quantitative estimate of drug-likeness (QED) is 0.888. The minimum Gasteiger partial charge on any atom is -0.393 e. The topological polar surface area (TPSA) is 36.4 Å². The predicted molar refractivity (Wildman–Crippen MR) is 77.1 cm³/mol. The van der Waals surface area contributed by atoms with Gasteiger partial charge in [0.25, 0.3) is 0 Å². The van der Waals surface area contributed by atoms with Crippen LogP contribution in [0.25, 0.3) is 0 Å². The van der Waals surface area contributed by atoms with E-state index in [4.69, 9.17) is 0 Å². The number of aliphatic hydroxyl groups is 1. The van der Waals surface area contributed by atoms with Crippen LogP contribution in [0.1, 0.15) is 39.0 Å². The highest BCUT2D eigenvalue weighted by Gasteiger charge is 2.38. The third-order valence-electron chi connectivity index (χ3n) is 4.86. The Morgan fingerprint density at radius 1 is 1.26 bits per heavy atom. The number of hydrogen-bond acceptors (Lipinski definition) is 3. The van der Waals surface area contributed by atoms with Crippen LogP contribution in [0.15, 0.2) is 24.4 Å². The number of anilines is 1. The molecule has 1 saturated heterocycles. The second kappa shape index (κ2) is 5.49. The lowest BCUT2D eigenvalue weighted by atomic mass is 9.76. The first kappa shape index (κ1) is 12.9. The van der Waals surface area contributed by atoms with Crippen molar-refractivity contribution in [3.63, 3.8) is 0 Å². The lowest BCUT2D eigenvalue weighted by Crippen LogP contribution is -2.44. The van der Waals surface area contributed by atoms with Gasteiger partial charge in [-0.05, 0) is 50.2 Å². The van der Waals surface area contributed by atoms with Crippen molar-refractivity contribution in [2.75, 3.05) is 11.4 Å². The molecule has 1 aliphatic carbocycles. The highest BCUT2D eigenvalue weighted by Crippen LogP contribution is 2.38. The Kier molecular flexibility index (Phi) is 3.74. The maximum Gasteiger partial charge on any atom is 0.128 e. The van der Waals surface area contributed by atoms with Crippen LogP contribution in [0.5, 0.6) is 0 Å². The second-order valence-electron chi connectivity index (χ2n) is 6.24. The van der Waals surface area contributed by atoms with Gasteiger partial charge in [0.15, 0.2) is 0 Å². The van der Waals surface area contributed by atoms with E-state index in [1.54, 1.807) is 0 Å². The maximum atomic E-state index is 10.4. The zero-order valence-corrected chi connectivity index (χ0v) is 11.7. The van der Waals surface area contributed by atoms with E-state index in [9.17, 15) is 5.11 Å². The van der Waals surface area contributed by atoms with Crippen molar-refractivity contribution in [3.05, 3.63) is 24.4 Å². The van der Waals surface area contributed by atoms with Gasteiger partial charge in [-0.1, -0.05) is 13.0 Å². The van der Waals surface area contributed by atoms with Crippen LogP contribution in [0.4, 0.5) is 5.82 Å². The van der Waals surface area contributed by atoms with Gasteiger partial charge >= 0.3 is 0 Å². The van der Waals surface area contributed by atoms with E-state index in [1.165, 1.54) is 19.3 Å². The molecule has 2 fully saturated rings. The summed E-state index contributed by atoms with van der Waals surface area (Å²) in [5.41, 5.74) is 0. The number of pyridine rings is 1. The summed E-state index contributed by atoms with van der Waals surface area (Å²) in [7, 11) is 0. The lowest BCUT2D eigenvalue weighted by Gasteiger charge is -2.39. The molecule has 0 aromatic carbocycles. The van der Waals surface area contributed by atoms with Crippen molar-refractivity contribution in [2.45, 2.75) is 51.2 Å². The number of aliphatic hydroxyl groups excluding tert-OH is 1. The first-order valence-corrected chi connectivity index (χ1v) is 7.61. The largest absolute Gasteiger partial charge is 0.393 e. The Morgan fingerprint density at radius 2 is 2.16 bits per heavy atom. The molecule has 3 rings (SSSR count). The van der Waals surface area contributed by atoms with Crippen molar-refractivity contribution in [2.24, 2.45) is 11.8 Å². The van der Waals surface area contributed by atoms with Gasteiger partial charge in [0.2, 0.25) is 0 Å². The smallest absolute Gasteiger partial charge is 0.128 e. The number of rotatable bonds is 2. The zero-order valence-electron chi connectivity index (χ0n) is 11.7. The summed E-state index contributed by atoms with van der Waals surface area (Å²) in [6.07, 6.45) is 7.47. The Balaban J connectivity index is 1.79. The van der Waals surface area contributed by atoms with Crippen LogP contribution in [-0.4, -0.2) is 28.8 Å². The molecule has 4 atom stereocenters. The fourth-order valence-corrected chi connectivity index (χ4v) is 3.87. The zero-order chi connectivity index (χ0) is 13.2. The molecule has 4 unspecified atom stereocenters. The van der Waals surface area contributed by atoms with Crippen molar-refractivity contribution in [3.8, 4) is 0 Å². The fourth-order valence-electron chi connectivity index (χ4n) is 3.87. The molecule has 0 spiro atoms. The van der Waals surface area contributed by atoms with E-state index in [1.807, 2.05) is 12.3 Å². The van der Waals surface area contributed by atoms with E-state index in [0.29, 0.717) is 12.0 Å². The summed E-state index contributed by atoms with van der Waals surface area (Å²) in [5.74, 6) is 2.25. The molecule has 1 aromatic heterocycles. The highest BCUT2D eigenvalue weighted by molar-refractivity contribution is 5.40. The predicted octanol–water partition coefficient (Wildman–Crippen LogP) is 2.85. The van der Waals surface area contributed by atoms with Crippen LogP contribution in [-0.2, 0) is 0 Å². The lowest BCUT2D eigenvalue weighted by molar-refractivity contribution is 0.0390. The molecular formula is C16H24N2O. The second-order valence-corrected chi connectivity index (χ2v) is 6.24. The molecule has 2 aliphatic rings. The Bertz CT molecular complexity index is 408. The Morgan fingerprint density at radius 3 is 2.95 bits per heavy atom.